The van der Waals surface area contributed by atoms with Gasteiger partial charge in [0.05, 0.1) is 23.5 Å². The van der Waals surface area contributed by atoms with Crippen LogP contribution in [0.4, 0.5) is 10.6 Å². The van der Waals surface area contributed by atoms with E-state index in [0.717, 1.165) is 23.2 Å². The van der Waals surface area contributed by atoms with Gasteiger partial charge in [-0.3, -0.25) is 10.00 Å². The normalized spacial score (nSPS) is 12.6. The summed E-state index contributed by atoms with van der Waals surface area (Å²) in [5.74, 6) is 0.677. The molecule has 2 heterocycles. The molecule has 7 nitrogen and oxygen atoms in total. The van der Waals surface area contributed by atoms with Gasteiger partial charge in [-0.25, -0.2) is 9.48 Å². The first-order valence-electron chi connectivity index (χ1n) is 9.50. The third-order valence-electron chi connectivity index (χ3n) is 4.65. The van der Waals surface area contributed by atoms with Crippen LogP contribution in [0.15, 0.2) is 48.8 Å². The highest BCUT2D eigenvalue weighted by Gasteiger charge is 2.24. The number of carbonyl (C=O) groups excluding carboxylic acids is 1. The summed E-state index contributed by atoms with van der Waals surface area (Å²) in [4.78, 5) is 12.9. The van der Waals surface area contributed by atoms with Gasteiger partial charge in [-0.2, -0.15) is 10.2 Å². The maximum absolute atomic E-state index is 12.9. The average Bonchev–Trinajstić information content (AvgIpc) is 3.26. The lowest BCUT2D eigenvalue weighted by atomic mass is 10.1. The molecule has 148 valence electrons. The van der Waals surface area contributed by atoms with E-state index >= 15 is 0 Å². The first-order valence-corrected chi connectivity index (χ1v) is 9.50. The number of hydrogen-bond donors (Lipinski definition) is 2. The lowest BCUT2D eigenvalue weighted by Gasteiger charge is -2.24. The molecular weight excluding hydrogens is 352 g/mol. The Kier molecular flexibility index (Phi) is 5.53. The summed E-state index contributed by atoms with van der Waals surface area (Å²) in [6, 6.07) is 11.5. The molecule has 7 heteroatoms. The maximum Gasteiger partial charge on any atom is 0.320 e. The molecule has 2 N–H and O–H groups in total. The molecule has 0 fully saturated rings. The number of carbonyl (C=O) groups is 1. The number of aromatic nitrogens is 4. The molecule has 0 aliphatic rings. The fourth-order valence-electron chi connectivity index (χ4n) is 3.22. The zero-order chi connectivity index (χ0) is 20.3. The van der Waals surface area contributed by atoms with E-state index in [2.05, 4.69) is 41.6 Å². The molecule has 28 heavy (non-hydrogen) atoms. The van der Waals surface area contributed by atoms with Crippen LogP contribution in [0.5, 0.6) is 0 Å². The fourth-order valence-corrected chi connectivity index (χ4v) is 3.22. The maximum atomic E-state index is 12.9. The molecule has 0 radical (unpaired) electrons. The molecule has 1 aromatic carbocycles. The average molecular weight is 380 g/mol. The van der Waals surface area contributed by atoms with Gasteiger partial charge >= 0.3 is 6.03 Å². The van der Waals surface area contributed by atoms with Crippen molar-refractivity contribution in [3.63, 3.8) is 0 Å². The summed E-state index contributed by atoms with van der Waals surface area (Å²) in [6.07, 6.45) is 4.30. The molecule has 0 aliphatic carbocycles. The van der Waals surface area contributed by atoms with Gasteiger partial charge in [-0.1, -0.05) is 37.3 Å². The second-order valence-electron chi connectivity index (χ2n) is 7.79. The van der Waals surface area contributed by atoms with Gasteiger partial charge in [0.25, 0.3) is 0 Å². The molecule has 2 amide bonds. The van der Waals surface area contributed by atoms with Crippen LogP contribution in [-0.2, 0) is 12.6 Å². The van der Waals surface area contributed by atoms with E-state index in [9.17, 15) is 4.79 Å². The molecule has 0 aliphatic heterocycles. The molecule has 0 bridgehead atoms. The van der Waals surface area contributed by atoms with Crippen LogP contribution in [0, 0.1) is 0 Å². The third-order valence-corrected chi connectivity index (χ3v) is 4.65. The second-order valence-corrected chi connectivity index (χ2v) is 7.79. The molecule has 1 atom stereocenters. The highest BCUT2D eigenvalue weighted by atomic mass is 16.2. The van der Waals surface area contributed by atoms with E-state index < -0.39 is 0 Å². The van der Waals surface area contributed by atoms with Crippen LogP contribution in [0.2, 0.25) is 0 Å². The number of hydrogen-bond acceptors (Lipinski definition) is 3. The van der Waals surface area contributed by atoms with Crippen molar-refractivity contribution in [2.75, 3.05) is 5.32 Å². The zero-order valence-corrected chi connectivity index (χ0v) is 17.1. The van der Waals surface area contributed by atoms with E-state index in [4.69, 9.17) is 0 Å². The smallest absolute Gasteiger partial charge is 0.320 e. The van der Waals surface area contributed by atoms with Gasteiger partial charge in [0.15, 0.2) is 0 Å². The summed E-state index contributed by atoms with van der Waals surface area (Å²) in [6.45, 7) is 8.21. The van der Waals surface area contributed by atoms with Gasteiger partial charge in [0.2, 0.25) is 0 Å². The summed E-state index contributed by atoms with van der Waals surface area (Å²) in [7, 11) is 1.87. The highest BCUT2D eigenvalue weighted by molar-refractivity contribution is 5.93. The number of urea groups is 1. The number of rotatable bonds is 5. The third kappa shape index (κ3) is 4.08. The molecule has 3 aromatic rings. The first-order chi connectivity index (χ1) is 13.3. The van der Waals surface area contributed by atoms with Gasteiger partial charge in [0, 0.05) is 18.8 Å². The Morgan fingerprint density at radius 3 is 2.43 bits per heavy atom. The van der Waals surface area contributed by atoms with E-state index in [1.165, 1.54) is 0 Å². The molecule has 0 spiro atoms. The lowest BCUT2D eigenvalue weighted by molar-refractivity contribution is 0.247. The van der Waals surface area contributed by atoms with Crippen LogP contribution in [0.25, 0.3) is 11.1 Å². The van der Waals surface area contributed by atoms with Crippen LogP contribution in [0.1, 0.15) is 45.9 Å². The molecule has 0 saturated carbocycles. The minimum absolute atomic E-state index is 0.126. The summed E-state index contributed by atoms with van der Waals surface area (Å²) >= 11 is 0. The van der Waals surface area contributed by atoms with Crippen molar-refractivity contribution in [3.8, 4) is 11.1 Å². The van der Waals surface area contributed by atoms with Gasteiger partial charge < -0.3 is 5.32 Å². The Bertz CT molecular complexity index is 935. The Balaban J connectivity index is 1.89. The minimum Gasteiger partial charge on any atom is -0.329 e. The SMILES string of the molecule is CC[C@@H](NC(=O)Nc1c(-c2ccccc2)cnn1C(C)(C)C)c1ccnn1C. The molecule has 3 rings (SSSR count). The van der Waals surface area contributed by atoms with Crippen molar-refractivity contribution in [1.29, 1.82) is 0 Å². The summed E-state index contributed by atoms with van der Waals surface area (Å²) < 4.78 is 3.63. The zero-order valence-electron chi connectivity index (χ0n) is 17.1. The summed E-state index contributed by atoms with van der Waals surface area (Å²) in [5, 5.41) is 14.8. The Hall–Kier alpha value is -3.09. The number of aryl methyl sites for hydroxylation is 1. The van der Waals surface area contributed by atoms with Crippen molar-refractivity contribution in [2.45, 2.75) is 45.7 Å². The molecule has 0 unspecified atom stereocenters. The van der Waals surface area contributed by atoms with Crippen LogP contribution < -0.4 is 10.6 Å². The van der Waals surface area contributed by atoms with Crippen molar-refractivity contribution < 1.29 is 4.79 Å². The van der Waals surface area contributed by atoms with E-state index in [1.54, 1.807) is 17.1 Å². The van der Waals surface area contributed by atoms with Crippen molar-refractivity contribution in [1.82, 2.24) is 24.9 Å². The van der Waals surface area contributed by atoms with Crippen LogP contribution >= 0.6 is 0 Å². The predicted octanol–water partition coefficient (Wildman–Crippen LogP) is 4.31. The number of nitrogens with one attached hydrogen (secondary N) is 2. The Labute approximate surface area is 165 Å². The number of benzene rings is 1. The quantitative estimate of drug-likeness (QED) is 0.692. The van der Waals surface area contributed by atoms with Gasteiger partial charge in [0.1, 0.15) is 5.82 Å². The number of amides is 2. The minimum atomic E-state index is -0.276. The lowest BCUT2D eigenvalue weighted by Crippen LogP contribution is -2.35. The van der Waals surface area contributed by atoms with E-state index in [1.807, 2.05) is 55.1 Å². The number of anilines is 1. The first kappa shape index (κ1) is 19.7. The standard InChI is InChI=1S/C21H28N6O/c1-6-17(18-12-13-22-26(18)5)24-20(28)25-19-16(15-10-8-7-9-11-15)14-23-27(19)21(2,3)4/h7-14,17H,6H2,1-5H3,(H2,24,25,28)/t17-/m1/s1. The molecule has 2 aromatic heterocycles. The van der Waals surface area contributed by atoms with E-state index in [-0.39, 0.29) is 17.6 Å². The topological polar surface area (TPSA) is 76.8 Å². The molecule has 0 saturated heterocycles. The molecular formula is C21H28N6O. The monoisotopic (exact) mass is 380 g/mol. The largest absolute Gasteiger partial charge is 0.329 e. The fraction of sp³-hybridized carbons (Fsp3) is 0.381. The Morgan fingerprint density at radius 1 is 1.14 bits per heavy atom. The van der Waals surface area contributed by atoms with Crippen LogP contribution in [-0.4, -0.2) is 25.6 Å². The van der Waals surface area contributed by atoms with Crippen molar-refractivity contribution in [3.05, 3.63) is 54.5 Å². The van der Waals surface area contributed by atoms with Crippen molar-refractivity contribution in [2.24, 2.45) is 7.05 Å². The van der Waals surface area contributed by atoms with E-state index in [0.29, 0.717) is 5.82 Å². The number of nitrogens with zero attached hydrogens (tertiary/aromatic N) is 4. The predicted molar refractivity (Wildman–Crippen MR) is 111 cm³/mol. The summed E-state index contributed by atoms with van der Waals surface area (Å²) in [5.41, 5.74) is 2.58. The Morgan fingerprint density at radius 2 is 1.86 bits per heavy atom. The van der Waals surface area contributed by atoms with Gasteiger partial charge in [-0.15, -0.1) is 0 Å². The van der Waals surface area contributed by atoms with Crippen molar-refractivity contribution >= 4 is 11.8 Å². The second kappa shape index (κ2) is 7.88. The van der Waals surface area contributed by atoms with Crippen LogP contribution in [0.3, 0.4) is 0 Å². The van der Waals surface area contributed by atoms with Gasteiger partial charge in [-0.05, 0) is 38.8 Å². The highest BCUT2D eigenvalue weighted by Crippen LogP contribution is 2.31.